The summed E-state index contributed by atoms with van der Waals surface area (Å²) in [6.45, 7) is 4.77. The molecule has 2 aromatic rings. The van der Waals surface area contributed by atoms with Crippen molar-refractivity contribution < 1.29 is 13.2 Å². The van der Waals surface area contributed by atoms with E-state index in [0.717, 1.165) is 14.9 Å². The Kier molecular flexibility index (Phi) is 4.97. The molecule has 1 amide bonds. The first-order valence-corrected chi connectivity index (χ1v) is 10.2. The van der Waals surface area contributed by atoms with Gasteiger partial charge >= 0.3 is 10.2 Å². The molecule has 0 aromatic carbocycles. The average Bonchev–Trinajstić information content (AvgIpc) is 3.24. The molecule has 10 heteroatoms. The summed E-state index contributed by atoms with van der Waals surface area (Å²) in [7, 11) is -2.67. The summed E-state index contributed by atoms with van der Waals surface area (Å²) >= 11 is 1.52. The average molecular weight is 393 g/mol. The van der Waals surface area contributed by atoms with Crippen molar-refractivity contribution in [2.75, 3.05) is 7.05 Å². The lowest BCUT2D eigenvalue weighted by molar-refractivity contribution is -0.118. The van der Waals surface area contributed by atoms with E-state index in [0.29, 0.717) is 18.7 Å². The number of hydrogen-bond donors (Lipinski definition) is 1. The van der Waals surface area contributed by atoms with Crippen LogP contribution in [-0.4, -0.2) is 41.2 Å². The first kappa shape index (κ1) is 18.3. The molecule has 0 fully saturated rings. The molecular weight excluding hydrogens is 374 g/mol. The largest absolute Gasteiger partial charge is 0.346 e. The van der Waals surface area contributed by atoms with Gasteiger partial charge in [-0.2, -0.15) is 13.5 Å². The van der Waals surface area contributed by atoms with E-state index in [1.165, 1.54) is 24.5 Å². The number of aromatic nitrogens is 2. The van der Waals surface area contributed by atoms with Crippen LogP contribution in [0.25, 0.3) is 0 Å². The topological polar surface area (TPSA) is 96.7 Å². The first-order valence-electron chi connectivity index (χ1n) is 7.97. The molecule has 3 rings (SSSR count). The Morgan fingerprint density at radius 1 is 1.38 bits per heavy atom. The maximum Gasteiger partial charge on any atom is 0.345 e. The van der Waals surface area contributed by atoms with Gasteiger partial charge in [0.15, 0.2) is 0 Å². The highest BCUT2D eigenvalue weighted by atomic mass is 32.2. The van der Waals surface area contributed by atoms with Crippen LogP contribution in [0.4, 0.5) is 0 Å². The molecule has 0 spiro atoms. The molecule has 0 unspecified atom stereocenters. The SMILES string of the molecule is CCn1ncc(C2=NS(=O)(=O)N(C)C(C(=O)NCc3cccs3)=C2)c1C. The zero-order valence-electron chi connectivity index (χ0n) is 14.6. The molecule has 1 aliphatic heterocycles. The van der Waals surface area contributed by atoms with Gasteiger partial charge in [-0.3, -0.25) is 9.48 Å². The van der Waals surface area contributed by atoms with Crippen LogP contribution in [-0.2, 0) is 28.1 Å². The number of nitrogens with one attached hydrogen (secondary N) is 1. The molecule has 0 aliphatic carbocycles. The zero-order valence-corrected chi connectivity index (χ0v) is 16.3. The summed E-state index contributed by atoms with van der Waals surface area (Å²) in [4.78, 5) is 13.5. The van der Waals surface area contributed by atoms with Crippen molar-refractivity contribution in [2.45, 2.75) is 26.9 Å². The Balaban J connectivity index is 1.92. The van der Waals surface area contributed by atoms with Crippen LogP contribution in [0.15, 0.2) is 39.9 Å². The smallest absolute Gasteiger partial charge is 0.345 e. The van der Waals surface area contributed by atoms with Crippen molar-refractivity contribution in [3.05, 3.63) is 51.6 Å². The fraction of sp³-hybridized carbons (Fsp3) is 0.312. The quantitative estimate of drug-likeness (QED) is 0.831. The Morgan fingerprint density at radius 3 is 2.77 bits per heavy atom. The lowest BCUT2D eigenvalue weighted by Gasteiger charge is -2.23. The maximum atomic E-state index is 12.6. The molecular formula is C16H19N5O3S2. The van der Waals surface area contributed by atoms with Gasteiger partial charge in [-0.15, -0.1) is 15.7 Å². The van der Waals surface area contributed by atoms with E-state index >= 15 is 0 Å². The lowest BCUT2D eigenvalue weighted by atomic mass is 10.1. The molecule has 8 nitrogen and oxygen atoms in total. The van der Waals surface area contributed by atoms with Gasteiger partial charge in [-0.05, 0) is 31.4 Å². The highest BCUT2D eigenvalue weighted by Gasteiger charge is 2.30. The molecule has 3 heterocycles. The van der Waals surface area contributed by atoms with Gasteiger partial charge in [0, 0.05) is 29.7 Å². The third-order valence-corrected chi connectivity index (χ3v) is 6.28. The Morgan fingerprint density at radius 2 is 2.15 bits per heavy atom. The molecule has 0 bridgehead atoms. The van der Waals surface area contributed by atoms with Gasteiger partial charge in [0.05, 0.1) is 18.5 Å². The summed E-state index contributed by atoms with van der Waals surface area (Å²) in [5.74, 6) is -0.475. The van der Waals surface area contributed by atoms with Gasteiger partial charge in [-0.25, -0.2) is 4.31 Å². The molecule has 2 aromatic heterocycles. The third-order valence-electron chi connectivity index (χ3n) is 4.09. The van der Waals surface area contributed by atoms with Gasteiger partial charge in [-0.1, -0.05) is 6.07 Å². The molecule has 0 saturated heterocycles. The monoisotopic (exact) mass is 393 g/mol. The number of nitrogens with zero attached hydrogens (tertiary/aromatic N) is 4. The fourth-order valence-corrected chi connectivity index (χ4v) is 4.13. The summed E-state index contributed by atoms with van der Waals surface area (Å²) < 4.78 is 31.2. The minimum absolute atomic E-state index is 0.0233. The maximum absolute atomic E-state index is 12.6. The molecule has 0 radical (unpaired) electrons. The normalized spacial score (nSPS) is 16.2. The van der Waals surface area contributed by atoms with Crippen LogP contribution in [0, 0.1) is 6.92 Å². The number of rotatable bonds is 5. The van der Waals surface area contributed by atoms with Crippen LogP contribution < -0.4 is 5.32 Å². The number of likely N-dealkylation sites (N-methyl/N-ethyl adjacent to an activating group) is 1. The number of thiophene rings is 1. The molecule has 1 aliphatic rings. The third kappa shape index (κ3) is 3.42. The van der Waals surface area contributed by atoms with E-state index in [-0.39, 0.29) is 11.4 Å². The second-order valence-electron chi connectivity index (χ2n) is 5.67. The first-order chi connectivity index (χ1) is 12.3. The minimum atomic E-state index is -3.98. The highest BCUT2D eigenvalue weighted by Crippen LogP contribution is 2.21. The van der Waals surface area contributed by atoms with Crippen LogP contribution in [0.3, 0.4) is 0 Å². The van der Waals surface area contributed by atoms with Gasteiger partial charge in [0.2, 0.25) is 0 Å². The predicted molar refractivity (Wildman–Crippen MR) is 100 cm³/mol. The molecule has 138 valence electrons. The van der Waals surface area contributed by atoms with Crippen molar-refractivity contribution in [3.8, 4) is 0 Å². The molecule has 0 atom stereocenters. The lowest BCUT2D eigenvalue weighted by Crippen LogP contribution is -2.38. The second-order valence-corrected chi connectivity index (χ2v) is 8.33. The summed E-state index contributed by atoms with van der Waals surface area (Å²) in [6, 6.07) is 3.79. The molecule has 26 heavy (non-hydrogen) atoms. The summed E-state index contributed by atoms with van der Waals surface area (Å²) in [6.07, 6.45) is 3.05. The molecule has 0 saturated carbocycles. The van der Waals surface area contributed by atoms with E-state index in [4.69, 9.17) is 0 Å². The molecule has 1 N–H and O–H groups in total. The number of carbonyl (C=O) groups excluding carboxylic acids is 1. The van der Waals surface area contributed by atoms with Crippen molar-refractivity contribution in [1.82, 2.24) is 19.4 Å². The van der Waals surface area contributed by atoms with Crippen molar-refractivity contribution in [2.24, 2.45) is 4.40 Å². The van der Waals surface area contributed by atoms with Crippen LogP contribution in [0.1, 0.15) is 23.1 Å². The Labute approximate surface area is 156 Å². The van der Waals surface area contributed by atoms with Crippen molar-refractivity contribution >= 4 is 33.2 Å². The number of allylic oxidation sites excluding steroid dienone is 1. The van der Waals surface area contributed by atoms with E-state index in [1.807, 2.05) is 31.4 Å². The van der Waals surface area contributed by atoms with E-state index in [1.54, 1.807) is 10.9 Å². The summed E-state index contributed by atoms with van der Waals surface area (Å²) in [5, 5.41) is 8.88. The number of hydrogen-bond acceptors (Lipinski definition) is 5. The number of aryl methyl sites for hydroxylation is 1. The standard InChI is InChI=1S/C16H19N5O3S2/c1-4-21-11(2)13(10-18-21)14-8-15(20(3)26(23,24)19-14)16(22)17-9-12-6-5-7-25-12/h5-8,10H,4,9H2,1-3H3,(H,17,22). The summed E-state index contributed by atoms with van der Waals surface area (Å²) in [5.41, 5.74) is 1.62. The Hall–Kier alpha value is -2.46. The zero-order chi connectivity index (χ0) is 18.9. The van der Waals surface area contributed by atoms with Crippen LogP contribution >= 0.6 is 11.3 Å². The van der Waals surface area contributed by atoms with Crippen molar-refractivity contribution in [3.63, 3.8) is 0 Å². The number of amides is 1. The number of carbonyl (C=O) groups is 1. The predicted octanol–water partition coefficient (Wildman–Crippen LogP) is 1.45. The van der Waals surface area contributed by atoms with Crippen molar-refractivity contribution in [1.29, 1.82) is 0 Å². The van der Waals surface area contributed by atoms with Crippen LogP contribution in [0.2, 0.25) is 0 Å². The van der Waals surface area contributed by atoms with E-state index in [2.05, 4.69) is 14.8 Å². The van der Waals surface area contributed by atoms with Gasteiger partial charge in [0.1, 0.15) is 5.70 Å². The Bertz CT molecular complexity index is 987. The van der Waals surface area contributed by atoms with Gasteiger partial charge in [0.25, 0.3) is 5.91 Å². The highest BCUT2D eigenvalue weighted by molar-refractivity contribution is 7.88. The second kappa shape index (κ2) is 7.04. The minimum Gasteiger partial charge on any atom is -0.346 e. The fourth-order valence-electron chi connectivity index (χ4n) is 2.58. The van der Waals surface area contributed by atoms with Crippen LogP contribution in [0.5, 0.6) is 0 Å². The van der Waals surface area contributed by atoms with E-state index < -0.39 is 16.1 Å². The van der Waals surface area contributed by atoms with Gasteiger partial charge < -0.3 is 5.32 Å². The van der Waals surface area contributed by atoms with E-state index in [9.17, 15) is 13.2 Å².